The Hall–Kier alpha value is -1.05. The molecule has 0 atom stereocenters. The number of carboxylic acid groups (broad SMARTS) is 1. The first kappa shape index (κ1) is 9.04. The number of aliphatic carboxylic acids is 1. The molecule has 2 heteroatoms. The van der Waals surface area contributed by atoms with E-state index in [-0.39, 0.29) is 0 Å². The van der Waals surface area contributed by atoms with Crippen molar-refractivity contribution in [2.75, 3.05) is 0 Å². The standard InChI is InChI=1S/C10H14O2/c1-10(2)6-5-8(7-10)3-4-9(11)12/h3-5H,6-7H2,1-2H3,(H,11,12)/b4-3+. The van der Waals surface area contributed by atoms with Gasteiger partial charge in [-0.2, -0.15) is 0 Å². The van der Waals surface area contributed by atoms with Crippen LogP contribution in [0.15, 0.2) is 23.8 Å². The SMILES string of the molecule is CC1(C)CC=C(/C=C/C(=O)O)C1. The van der Waals surface area contributed by atoms with Crippen LogP contribution >= 0.6 is 0 Å². The van der Waals surface area contributed by atoms with Crippen LogP contribution in [0.2, 0.25) is 0 Å². The topological polar surface area (TPSA) is 37.3 Å². The summed E-state index contributed by atoms with van der Waals surface area (Å²) in [4.78, 5) is 10.2. The van der Waals surface area contributed by atoms with Crippen molar-refractivity contribution in [3.63, 3.8) is 0 Å². The second kappa shape index (κ2) is 3.13. The fourth-order valence-electron chi connectivity index (χ4n) is 1.41. The van der Waals surface area contributed by atoms with Gasteiger partial charge in [0.2, 0.25) is 0 Å². The number of hydrogen-bond acceptors (Lipinski definition) is 1. The molecular weight excluding hydrogens is 152 g/mol. The van der Waals surface area contributed by atoms with Gasteiger partial charge >= 0.3 is 5.97 Å². The van der Waals surface area contributed by atoms with E-state index in [1.165, 1.54) is 6.08 Å². The molecule has 1 aliphatic rings. The monoisotopic (exact) mass is 166 g/mol. The summed E-state index contributed by atoms with van der Waals surface area (Å²) in [6.07, 6.45) is 7.03. The molecule has 0 amide bonds. The van der Waals surface area contributed by atoms with Crippen LogP contribution < -0.4 is 0 Å². The third kappa shape index (κ3) is 2.53. The molecule has 0 spiro atoms. The third-order valence-electron chi connectivity index (χ3n) is 2.04. The molecule has 2 nitrogen and oxygen atoms in total. The summed E-state index contributed by atoms with van der Waals surface area (Å²) in [6, 6.07) is 0. The summed E-state index contributed by atoms with van der Waals surface area (Å²) in [5, 5.41) is 8.39. The van der Waals surface area contributed by atoms with Crippen LogP contribution in [-0.2, 0) is 4.79 Å². The second-order valence-corrected chi connectivity index (χ2v) is 4.00. The number of carboxylic acids is 1. The zero-order chi connectivity index (χ0) is 9.19. The molecule has 0 radical (unpaired) electrons. The number of hydrogen-bond donors (Lipinski definition) is 1. The van der Waals surface area contributed by atoms with Crippen LogP contribution in [0.5, 0.6) is 0 Å². The Morgan fingerprint density at radius 3 is 2.75 bits per heavy atom. The summed E-state index contributed by atoms with van der Waals surface area (Å²) in [5.41, 5.74) is 1.46. The van der Waals surface area contributed by atoms with Crippen molar-refractivity contribution in [2.24, 2.45) is 5.41 Å². The molecule has 0 heterocycles. The fraction of sp³-hybridized carbons (Fsp3) is 0.500. The summed E-state index contributed by atoms with van der Waals surface area (Å²) >= 11 is 0. The molecule has 0 unspecified atom stereocenters. The minimum atomic E-state index is -0.874. The van der Waals surface area contributed by atoms with E-state index in [2.05, 4.69) is 19.9 Å². The number of allylic oxidation sites excluding steroid dienone is 3. The average Bonchev–Trinajstić information content (AvgIpc) is 2.26. The minimum Gasteiger partial charge on any atom is -0.478 e. The second-order valence-electron chi connectivity index (χ2n) is 4.00. The van der Waals surface area contributed by atoms with Gasteiger partial charge in [-0.1, -0.05) is 31.6 Å². The van der Waals surface area contributed by atoms with Crippen molar-refractivity contribution in [1.82, 2.24) is 0 Å². The van der Waals surface area contributed by atoms with Crippen molar-refractivity contribution in [3.8, 4) is 0 Å². The van der Waals surface area contributed by atoms with Gasteiger partial charge in [0.15, 0.2) is 0 Å². The van der Waals surface area contributed by atoms with Crippen LogP contribution in [0.4, 0.5) is 0 Å². The Labute approximate surface area is 72.6 Å². The first-order valence-corrected chi connectivity index (χ1v) is 4.10. The molecule has 0 aromatic rings. The van der Waals surface area contributed by atoms with Gasteiger partial charge < -0.3 is 5.11 Å². The van der Waals surface area contributed by atoms with Gasteiger partial charge in [0.1, 0.15) is 0 Å². The van der Waals surface area contributed by atoms with Crippen molar-refractivity contribution in [1.29, 1.82) is 0 Å². The molecule has 66 valence electrons. The maximum atomic E-state index is 10.2. The summed E-state index contributed by atoms with van der Waals surface area (Å²) in [6.45, 7) is 4.37. The molecule has 0 saturated heterocycles. The lowest BCUT2D eigenvalue weighted by molar-refractivity contribution is -0.131. The maximum Gasteiger partial charge on any atom is 0.328 e. The molecule has 0 bridgehead atoms. The zero-order valence-electron chi connectivity index (χ0n) is 7.50. The Bertz CT molecular complexity index is 247. The summed E-state index contributed by atoms with van der Waals surface area (Å²) < 4.78 is 0. The lowest BCUT2D eigenvalue weighted by Crippen LogP contribution is -2.04. The van der Waals surface area contributed by atoms with Crippen LogP contribution in [0, 0.1) is 5.41 Å². The first-order chi connectivity index (χ1) is 5.49. The van der Waals surface area contributed by atoms with Gasteiger partial charge in [0, 0.05) is 6.08 Å². The minimum absolute atomic E-state index is 0.318. The van der Waals surface area contributed by atoms with Crippen molar-refractivity contribution >= 4 is 5.97 Å². The molecule has 1 N–H and O–H groups in total. The highest BCUT2D eigenvalue weighted by atomic mass is 16.4. The van der Waals surface area contributed by atoms with Gasteiger partial charge in [0.25, 0.3) is 0 Å². The van der Waals surface area contributed by atoms with Crippen molar-refractivity contribution < 1.29 is 9.90 Å². The quantitative estimate of drug-likeness (QED) is 0.639. The van der Waals surface area contributed by atoms with E-state index in [1.54, 1.807) is 6.08 Å². The molecule has 0 aromatic carbocycles. The lowest BCUT2D eigenvalue weighted by Gasteiger charge is -2.15. The third-order valence-corrected chi connectivity index (χ3v) is 2.04. The molecular formula is C10H14O2. The number of carbonyl (C=O) groups is 1. The maximum absolute atomic E-state index is 10.2. The molecule has 0 saturated carbocycles. The predicted octanol–water partition coefficient (Wildman–Crippen LogP) is 2.37. The van der Waals surface area contributed by atoms with Crippen LogP contribution in [0.3, 0.4) is 0 Å². The van der Waals surface area contributed by atoms with Crippen LogP contribution in [0.1, 0.15) is 26.7 Å². The van der Waals surface area contributed by atoms with Crippen molar-refractivity contribution in [3.05, 3.63) is 23.8 Å². The Morgan fingerprint density at radius 2 is 2.33 bits per heavy atom. The highest BCUT2D eigenvalue weighted by Crippen LogP contribution is 2.36. The average molecular weight is 166 g/mol. The normalized spacial score (nSPS) is 21.3. The molecule has 0 aromatic heterocycles. The van der Waals surface area contributed by atoms with E-state index in [0.717, 1.165) is 18.4 Å². The zero-order valence-corrected chi connectivity index (χ0v) is 7.50. The molecule has 12 heavy (non-hydrogen) atoms. The largest absolute Gasteiger partial charge is 0.478 e. The van der Waals surface area contributed by atoms with E-state index in [0.29, 0.717) is 5.41 Å². The molecule has 1 rings (SSSR count). The Morgan fingerprint density at radius 1 is 1.67 bits per heavy atom. The van der Waals surface area contributed by atoms with Gasteiger partial charge in [-0.3, -0.25) is 0 Å². The van der Waals surface area contributed by atoms with Gasteiger partial charge in [-0.25, -0.2) is 4.79 Å². The van der Waals surface area contributed by atoms with Crippen LogP contribution in [-0.4, -0.2) is 11.1 Å². The lowest BCUT2D eigenvalue weighted by atomic mass is 9.90. The van der Waals surface area contributed by atoms with Gasteiger partial charge in [-0.05, 0) is 18.3 Å². The first-order valence-electron chi connectivity index (χ1n) is 4.10. The highest BCUT2D eigenvalue weighted by Gasteiger charge is 2.22. The van der Waals surface area contributed by atoms with E-state index in [4.69, 9.17) is 5.11 Å². The Kier molecular flexibility index (Phi) is 2.36. The van der Waals surface area contributed by atoms with Gasteiger partial charge in [0.05, 0.1) is 0 Å². The summed E-state index contributed by atoms with van der Waals surface area (Å²) in [7, 11) is 0. The van der Waals surface area contributed by atoms with Crippen LogP contribution in [0.25, 0.3) is 0 Å². The van der Waals surface area contributed by atoms with E-state index < -0.39 is 5.97 Å². The number of rotatable bonds is 2. The highest BCUT2D eigenvalue weighted by molar-refractivity contribution is 5.80. The van der Waals surface area contributed by atoms with Crippen molar-refractivity contribution in [2.45, 2.75) is 26.7 Å². The predicted molar refractivity (Wildman–Crippen MR) is 47.9 cm³/mol. The van der Waals surface area contributed by atoms with Gasteiger partial charge in [-0.15, -0.1) is 0 Å². The molecule has 1 aliphatic carbocycles. The summed E-state index contributed by atoms with van der Waals surface area (Å²) in [5.74, 6) is -0.874. The smallest absolute Gasteiger partial charge is 0.328 e. The van der Waals surface area contributed by atoms with E-state index in [1.807, 2.05) is 0 Å². The molecule has 0 fully saturated rings. The Balaban J connectivity index is 2.53. The van der Waals surface area contributed by atoms with E-state index >= 15 is 0 Å². The molecule has 0 aliphatic heterocycles. The van der Waals surface area contributed by atoms with E-state index in [9.17, 15) is 4.79 Å². The fourth-order valence-corrected chi connectivity index (χ4v) is 1.41.